The number of aromatic nitrogens is 1. The zero-order chi connectivity index (χ0) is 15.2. The maximum atomic E-state index is 6.31. The summed E-state index contributed by atoms with van der Waals surface area (Å²) in [6.45, 7) is 6.56. The van der Waals surface area contributed by atoms with Crippen LogP contribution < -0.4 is 5.73 Å². The molecule has 0 amide bonds. The Morgan fingerprint density at radius 1 is 1.10 bits per heavy atom. The molecule has 0 aliphatic heterocycles. The van der Waals surface area contributed by atoms with E-state index in [-0.39, 0.29) is 11.3 Å². The van der Waals surface area contributed by atoms with Crippen LogP contribution in [0.15, 0.2) is 53.6 Å². The molecule has 2 nitrogen and oxygen atoms in total. The largest absolute Gasteiger partial charge is 0.326 e. The van der Waals surface area contributed by atoms with Crippen molar-refractivity contribution in [3.05, 3.63) is 59.9 Å². The van der Waals surface area contributed by atoms with E-state index in [1.54, 1.807) is 0 Å². The minimum absolute atomic E-state index is 0.106. The van der Waals surface area contributed by atoms with Crippen LogP contribution >= 0.6 is 11.8 Å². The SMILES string of the molecule is CCC(N)C(Sc1ccc(C(C)C)cc1)c1ccccn1. The molecular formula is C18H24N2S. The lowest BCUT2D eigenvalue weighted by Gasteiger charge is -2.22. The minimum Gasteiger partial charge on any atom is -0.326 e. The highest BCUT2D eigenvalue weighted by molar-refractivity contribution is 7.99. The standard InChI is InChI=1S/C18H24N2S/c1-4-16(19)18(17-7-5-6-12-20-17)21-15-10-8-14(9-11-15)13(2)3/h5-13,16,18H,4,19H2,1-3H3. The molecule has 0 fully saturated rings. The van der Waals surface area contributed by atoms with Gasteiger partial charge in [-0.25, -0.2) is 0 Å². The molecule has 1 heterocycles. The molecular weight excluding hydrogens is 276 g/mol. The van der Waals surface area contributed by atoms with Crippen LogP contribution in [0.4, 0.5) is 0 Å². The van der Waals surface area contributed by atoms with Gasteiger partial charge in [-0.15, -0.1) is 11.8 Å². The number of nitrogens with zero attached hydrogens (tertiary/aromatic N) is 1. The highest BCUT2D eigenvalue weighted by atomic mass is 32.2. The van der Waals surface area contributed by atoms with Gasteiger partial charge in [-0.1, -0.05) is 39.0 Å². The summed E-state index contributed by atoms with van der Waals surface area (Å²) < 4.78 is 0. The van der Waals surface area contributed by atoms with E-state index in [1.807, 2.05) is 30.1 Å². The van der Waals surface area contributed by atoms with Gasteiger partial charge in [0.15, 0.2) is 0 Å². The summed E-state index contributed by atoms with van der Waals surface area (Å²) in [4.78, 5) is 5.74. The average Bonchev–Trinajstić information content (AvgIpc) is 2.53. The highest BCUT2D eigenvalue weighted by Gasteiger charge is 2.21. The first-order valence-electron chi connectivity index (χ1n) is 7.55. The van der Waals surface area contributed by atoms with Crippen LogP contribution in [0.1, 0.15) is 49.6 Å². The van der Waals surface area contributed by atoms with E-state index in [4.69, 9.17) is 5.73 Å². The first kappa shape index (κ1) is 16.1. The van der Waals surface area contributed by atoms with Crippen LogP contribution in [0.25, 0.3) is 0 Å². The third-order valence-corrected chi connectivity index (χ3v) is 5.04. The molecule has 3 heteroatoms. The highest BCUT2D eigenvalue weighted by Crippen LogP contribution is 2.37. The number of hydrogen-bond donors (Lipinski definition) is 1. The smallest absolute Gasteiger partial charge is 0.0668 e. The van der Waals surface area contributed by atoms with Crippen molar-refractivity contribution in [2.45, 2.75) is 49.3 Å². The topological polar surface area (TPSA) is 38.9 Å². The quantitative estimate of drug-likeness (QED) is 0.781. The summed E-state index contributed by atoms with van der Waals surface area (Å²) in [5.41, 5.74) is 8.74. The van der Waals surface area contributed by atoms with Crippen LogP contribution in [0, 0.1) is 0 Å². The zero-order valence-corrected chi connectivity index (χ0v) is 13.8. The minimum atomic E-state index is 0.106. The van der Waals surface area contributed by atoms with Gasteiger partial charge < -0.3 is 5.73 Å². The molecule has 0 spiro atoms. The Kier molecular flexibility index (Phi) is 5.83. The number of rotatable bonds is 6. The molecule has 0 saturated heterocycles. The van der Waals surface area contributed by atoms with Crippen molar-refractivity contribution >= 4 is 11.8 Å². The molecule has 2 aromatic rings. The van der Waals surface area contributed by atoms with Crippen molar-refractivity contribution in [1.29, 1.82) is 0 Å². The lowest BCUT2D eigenvalue weighted by molar-refractivity contribution is 0.624. The molecule has 2 unspecified atom stereocenters. The fourth-order valence-corrected chi connectivity index (χ4v) is 3.42. The van der Waals surface area contributed by atoms with Gasteiger partial charge in [0.05, 0.1) is 10.9 Å². The predicted octanol–water partition coefficient (Wildman–Crippen LogP) is 4.78. The number of nitrogens with two attached hydrogens (primary N) is 1. The Labute approximate surface area is 132 Å². The number of hydrogen-bond acceptors (Lipinski definition) is 3. The zero-order valence-electron chi connectivity index (χ0n) is 13.0. The van der Waals surface area contributed by atoms with Crippen LogP contribution in [-0.4, -0.2) is 11.0 Å². The predicted molar refractivity (Wildman–Crippen MR) is 91.6 cm³/mol. The van der Waals surface area contributed by atoms with Crippen molar-refractivity contribution in [3.63, 3.8) is 0 Å². The van der Waals surface area contributed by atoms with Gasteiger partial charge in [-0.2, -0.15) is 0 Å². The maximum Gasteiger partial charge on any atom is 0.0668 e. The fourth-order valence-electron chi connectivity index (χ4n) is 2.20. The molecule has 0 bridgehead atoms. The Bertz CT molecular complexity index is 537. The third-order valence-electron chi connectivity index (χ3n) is 3.65. The Balaban J connectivity index is 2.19. The lowest BCUT2D eigenvalue weighted by atomic mass is 10.0. The first-order chi connectivity index (χ1) is 10.1. The molecule has 21 heavy (non-hydrogen) atoms. The Morgan fingerprint density at radius 2 is 1.81 bits per heavy atom. The summed E-state index contributed by atoms with van der Waals surface area (Å²) in [7, 11) is 0. The Hall–Kier alpha value is -1.32. The summed E-state index contributed by atoms with van der Waals surface area (Å²) in [5.74, 6) is 0.563. The molecule has 2 rings (SSSR count). The van der Waals surface area contributed by atoms with Gasteiger partial charge in [-0.3, -0.25) is 4.98 Å². The van der Waals surface area contributed by atoms with Crippen molar-refractivity contribution in [1.82, 2.24) is 4.98 Å². The second-order valence-electron chi connectivity index (χ2n) is 5.59. The van der Waals surface area contributed by atoms with E-state index in [0.717, 1.165) is 12.1 Å². The molecule has 112 valence electrons. The van der Waals surface area contributed by atoms with E-state index in [9.17, 15) is 0 Å². The summed E-state index contributed by atoms with van der Waals surface area (Å²) >= 11 is 1.81. The molecule has 1 aromatic carbocycles. The normalized spacial score (nSPS) is 14.1. The van der Waals surface area contributed by atoms with Crippen LogP contribution in [0.3, 0.4) is 0 Å². The van der Waals surface area contributed by atoms with Gasteiger partial charge in [0.25, 0.3) is 0 Å². The lowest BCUT2D eigenvalue weighted by Crippen LogP contribution is -2.26. The third kappa shape index (κ3) is 4.32. The van der Waals surface area contributed by atoms with E-state index >= 15 is 0 Å². The average molecular weight is 300 g/mol. The number of pyridine rings is 1. The molecule has 0 saturated carbocycles. The van der Waals surface area contributed by atoms with E-state index in [0.29, 0.717) is 5.92 Å². The second kappa shape index (κ2) is 7.62. The van der Waals surface area contributed by atoms with Gasteiger partial charge >= 0.3 is 0 Å². The van der Waals surface area contributed by atoms with Crippen LogP contribution in [-0.2, 0) is 0 Å². The molecule has 2 N–H and O–H groups in total. The van der Waals surface area contributed by atoms with Crippen molar-refractivity contribution in [2.75, 3.05) is 0 Å². The Morgan fingerprint density at radius 3 is 2.33 bits per heavy atom. The number of thioether (sulfide) groups is 1. The van der Waals surface area contributed by atoms with Gasteiger partial charge in [0.1, 0.15) is 0 Å². The first-order valence-corrected chi connectivity index (χ1v) is 8.43. The summed E-state index contributed by atoms with van der Waals surface area (Å²) in [5, 5.41) is 0.195. The monoisotopic (exact) mass is 300 g/mol. The summed E-state index contributed by atoms with van der Waals surface area (Å²) in [6, 6.07) is 14.9. The molecule has 0 radical (unpaired) electrons. The second-order valence-corrected chi connectivity index (χ2v) is 6.80. The van der Waals surface area contributed by atoms with Gasteiger partial charge in [0, 0.05) is 17.1 Å². The molecule has 0 aliphatic rings. The van der Waals surface area contributed by atoms with Gasteiger partial charge in [0.2, 0.25) is 0 Å². The van der Waals surface area contributed by atoms with Crippen LogP contribution in [0.2, 0.25) is 0 Å². The van der Waals surface area contributed by atoms with Crippen molar-refractivity contribution in [3.8, 4) is 0 Å². The van der Waals surface area contributed by atoms with Gasteiger partial charge in [-0.05, 0) is 42.2 Å². The van der Waals surface area contributed by atoms with E-state index in [1.165, 1.54) is 10.5 Å². The molecule has 2 atom stereocenters. The number of benzene rings is 1. The van der Waals surface area contributed by atoms with Crippen molar-refractivity contribution < 1.29 is 0 Å². The van der Waals surface area contributed by atoms with Crippen LogP contribution in [0.5, 0.6) is 0 Å². The molecule has 0 aliphatic carbocycles. The van der Waals surface area contributed by atoms with E-state index in [2.05, 4.69) is 56.1 Å². The molecule has 1 aromatic heterocycles. The van der Waals surface area contributed by atoms with Crippen molar-refractivity contribution in [2.24, 2.45) is 5.73 Å². The van der Waals surface area contributed by atoms with E-state index < -0.39 is 0 Å². The summed E-state index contributed by atoms with van der Waals surface area (Å²) in [6.07, 6.45) is 2.78. The maximum absolute atomic E-state index is 6.31. The fraction of sp³-hybridized carbons (Fsp3) is 0.389.